The molecule has 0 amide bonds. The Morgan fingerprint density at radius 1 is 0.178 bits per heavy atom. The SMILES string of the molecule is CC1(C)c2ccccc2-c2c(-c3ccc(-c4ccc(-c5nc(-c6ccccc6)nc(-c6ccccc6)n5)cc4)cc3)cccc21.CC1(C)c2ccccc2-c2cc(-c3ccc(-c4ccc(-c5nc(-c6ccccc6)nc(-c6ccccc6)n5)cc4)cc3)ccc21. The molecule has 0 saturated carbocycles. The van der Waals surface area contributed by atoms with E-state index in [0.717, 1.165) is 44.5 Å². The maximum Gasteiger partial charge on any atom is 0.164 e. The standard InChI is InChI=1S/2C42H31N3/c1-42(2)36-18-10-9-16-35(36)38-34(17-11-19-37(38)42)30-24-20-28(21-25-30)29-22-26-33(27-23-29)41-44-39(31-12-5-3-6-13-31)43-40(45-41)32-14-7-4-8-15-32;1-42(2)37-16-10-9-15-35(37)36-27-34(25-26-38(36)42)30-19-17-28(18-20-30)29-21-23-33(24-22-29)41-44-39(31-11-5-3-6-12-31)43-40(45-41)32-13-7-4-8-14-32/h2*3-27H,1-2H3. The number of rotatable bonds is 10. The second kappa shape index (κ2) is 23.1. The number of aromatic nitrogens is 6. The molecule has 6 heteroatoms. The zero-order valence-electron chi connectivity index (χ0n) is 50.6. The van der Waals surface area contributed by atoms with E-state index in [-0.39, 0.29) is 10.8 Å². The molecular weight excluding hydrogens is 1090 g/mol. The van der Waals surface area contributed by atoms with Crippen LogP contribution in [0.15, 0.2) is 303 Å². The Balaban J connectivity index is 0.000000150. The van der Waals surface area contributed by atoms with Gasteiger partial charge in [-0.15, -0.1) is 0 Å². The Morgan fingerprint density at radius 2 is 0.433 bits per heavy atom. The molecule has 0 unspecified atom stereocenters. The van der Waals surface area contributed by atoms with Crippen LogP contribution in [-0.2, 0) is 10.8 Å². The van der Waals surface area contributed by atoms with Gasteiger partial charge in [-0.1, -0.05) is 325 Å². The van der Waals surface area contributed by atoms with E-state index in [0.29, 0.717) is 34.9 Å². The highest BCUT2D eigenvalue weighted by Crippen LogP contribution is 2.53. The van der Waals surface area contributed by atoms with Crippen molar-refractivity contribution in [2.24, 2.45) is 0 Å². The smallest absolute Gasteiger partial charge is 0.164 e. The lowest BCUT2D eigenvalue weighted by atomic mass is 9.82. The fourth-order valence-electron chi connectivity index (χ4n) is 13.1. The summed E-state index contributed by atoms with van der Waals surface area (Å²) in [5.41, 5.74) is 26.4. The van der Waals surface area contributed by atoms with E-state index >= 15 is 0 Å². The molecule has 2 aliphatic rings. The molecule has 2 aromatic heterocycles. The Labute approximate surface area is 526 Å². The lowest BCUT2D eigenvalue weighted by molar-refractivity contribution is 0.660. The third-order valence-corrected chi connectivity index (χ3v) is 18.0. The van der Waals surface area contributed by atoms with Crippen molar-refractivity contribution in [1.82, 2.24) is 29.9 Å². The van der Waals surface area contributed by atoms with Crippen molar-refractivity contribution in [1.29, 1.82) is 0 Å². The molecule has 12 aromatic carbocycles. The summed E-state index contributed by atoms with van der Waals surface area (Å²) >= 11 is 0. The summed E-state index contributed by atoms with van der Waals surface area (Å²) in [4.78, 5) is 29.1. The van der Waals surface area contributed by atoms with Crippen molar-refractivity contribution in [3.63, 3.8) is 0 Å². The third-order valence-electron chi connectivity index (χ3n) is 18.0. The van der Waals surface area contributed by atoms with Crippen molar-refractivity contribution in [3.05, 3.63) is 326 Å². The van der Waals surface area contributed by atoms with Crippen LogP contribution in [0.5, 0.6) is 0 Å². The van der Waals surface area contributed by atoms with Crippen LogP contribution in [0.4, 0.5) is 0 Å². The Kier molecular flexibility index (Phi) is 14.2. The Morgan fingerprint density at radius 3 is 0.833 bits per heavy atom. The van der Waals surface area contributed by atoms with E-state index in [9.17, 15) is 0 Å². The van der Waals surface area contributed by atoms with Crippen LogP contribution in [0.3, 0.4) is 0 Å². The average molecular weight is 1160 g/mol. The van der Waals surface area contributed by atoms with Gasteiger partial charge in [0.25, 0.3) is 0 Å². The van der Waals surface area contributed by atoms with Gasteiger partial charge in [-0.2, -0.15) is 0 Å². The fourth-order valence-corrected chi connectivity index (χ4v) is 13.1. The molecule has 0 aliphatic heterocycles. The number of hydrogen-bond donors (Lipinski definition) is 0. The summed E-state index contributed by atoms with van der Waals surface area (Å²) in [5, 5.41) is 0. The van der Waals surface area contributed by atoms with Gasteiger partial charge in [0.1, 0.15) is 0 Å². The first-order valence-corrected chi connectivity index (χ1v) is 30.7. The summed E-state index contributed by atoms with van der Waals surface area (Å²) in [6, 6.07) is 106. The van der Waals surface area contributed by atoms with Gasteiger partial charge in [0, 0.05) is 44.2 Å². The van der Waals surface area contributed by atoms with Gasteiger partial charge >= 0.3 is 0 Å². The van der Waals surface area contributed by atoms with Crippen LogP contribution in [0.2, 0.25) is 0 Å². The van der Waals surface area contributed by atoms with Gasteiger partial charge in [-0.05, 0) is 95.1 Å². The first-order valence-electron chi connectivity index (χ1n) is 30.7. The molecule has 0 atom stereocenters. The lowest BCUT2D eigenvalue weighted by Crippen LogP contribution is -2.14. The molecule has 0 spiro atoms. The monoisotopic (exact) mass is 1150 g/mol. The topological polar surface area (TPSA) is 77.3 Å². The number of hydrogen-bond acceptors (Lipinski definition) is 6. The zero-order chi connectivity index (χ0) is 60.8. The van der Waals surface area contributed by atoms with Crippen LogP contribution in [-0.4, -0.2) is 29.9 Å². The van der Waals surface area contributed by atoms with Crippen LogP contribution in [0, 0.1) is 0 Å². The molecule has 0 bridgehead atoms. The largest absolute Gasteiger partial charge is 0.208 e. The molecule has 16 rings (SSSR count). The van der Waals surface area contributed by atoms with Gasteiger partial charge in [0.2, 0.25) is 0 Å². The van der Waals surface area contributed by atoms with Crippen LogP contribution in [0.25, 0.3) is 135 Å². The van der Waals surface area contributed by atoms with E-state index in [2.05, 4.69) is 210 Å². The second-order valence-electron chi connectivity index (χ2n) is 24.2. The van der Waals surface area contributed by atoms with E-state index < -0.39 is 0 Å². The van der Waals surface area contributed by atoms with E-state index in [1.165, 1.54) is 77.9 Å². The number of benzene rings is 12. The predicted molar refractivity (Wildman–Crippen MR) is 369 cm³/mol. The molecule has 90 heavy (non-hydrogen) atoms. The zero-order valence-corrected chi connectivity index (χ0v) is 50.6. The van der Waals surface area contributed by atoms with E-state index in [1.807, 2.05) is 121 Å². The normalized spacial score (nSPS) is 12.8. The molecule has 2 heterocycles. The van der Waals surface area contributed by atoms with Gasteiger partial charge in [-0.3, -0.25) is 0 Å². The molecular formula is C84H62N6. The molecule has 2 aliphatic carbocycles. The number of nitrogens with zero attached hydrogens (tertiary/aromatic N) is 6. The fraction of sp³-hybridized carbons (Fsp3) is 0.0714. The van der Waals surface area contributed by atoms with Crippen molar-refractivity contribution >= 4 is 0 Å². The van der Waals surface area contributed by atoms with Gasteiger partial charge in [0.15, 0.2) is 34.9 Å². The third kappa shape index (κ3) is 10.4. The van der Waals surface area contributed by atoms with Gasteiger partial charge in [-0.25, -0.2) is 29.9 Å². The molecule has 0 saturated heterocycles. The average Bonchev–Trinajstić information content (AvgIpc) is 1.63. The Hall–Kier alpha value is -11.3. The summed E-state index contributed by atoms with van der Waals surface area (Å²) < 4.78 is 0. The molecule has 428 valence electrons. The minimum Gasteiger partial charge on any atom is -0.208 e. The summed E-state index contributed by atoms with van der Waals surface area (Å²) in [6.45, 7) is 9.30. The van der Waals surface area contributed by atoms with Crippen molar-refractivity contribution in [2.45, 2.75) is 38.5 Å². The maximum absolute atomic E-state index is 4.88. The first kappa shape index (κ1) is 55.3. The van der Waals surface area contributed by atoms with Gasteiger partial charge < -0.3 is 0 Å². The molecule has 6 nitrogen and oxygen atoms in total. The number of fused-ring (bicyclic) bond motifs is 6. The highest BCUT2D eigenvalue weighted by atomic mass is 15.0. The van der Waals surface area contributed by atoms with Crippen molar-refractivity contribution < 1.29 is 0 Å². The highest BCUT2D eigenvalue weighted by molar-refractivity contribution is 5.93. The molecule has 0 radical (unpaired) electrons. The maximum atomic E-state index is 4.88. The second-order valence-corrected chi connectivity index (χ2v) is 24.2. The molecule has 0 N–H and O–H groups in total. The molecule has 0 fully saturated rings. The Bertz CT molecular complexity index is 4810. The lowest BCUT2D eigenvalue weighted by Gasteiger charge is -2.21. The summed E-state index contributed by atoms with van der Waals surface area (Å²) in [6.07, 6.45) is 0. The van der Waals surface area contributed by atoms with Gasteiger partial charge in [0.05, 0.1) is 0 Å². The van der Waals surface area contributed by atoms with E-state index in [1.54, 1.807) is 0 Å². The van der Waals surface area contributed by atoms with Crippen molar-refractivity contribution in [2.75, 3.05) is 0 Å². The van der Waals surface area contributed by atoms with Crippen LogP contribution >= 0.6 is 0 Å². The summed E-state index contributed by atoms with van der Waals surface area (Å²) in [5.74, 6) is 3.97. The van der Waals surface area contributed by atoms with Crippen LogP contribution < -0.4 is 0 Å². The highest BCUT2D eigenvalue weighted by Gasteiger charge is 2.37. The summed E-state index contributed by atoms with van der Waals surface area (Å²) in [7, 11) is 0. The first-order chi connectivity index (χ1) is 44.1. The van der Waals surface area contributed by atoms with Crippen molar-refractivity contribution in [3.8, 4) is 135 Å². The van der Waals surface area contributed by atoms with Crippen LogP contribution in [0.1, 0.15) is 49.9 Å². The predicted octanol–water partition coefficient (Wildman–Crippen LogP) is 21.0. The van der Waals surface area contributed by atoms with E-state index in [4.69, 9.17) is 29.9 Å². The minimum atomic E-state index is -0.00806. The minimum absolute atomic E-state index is 0.00806. The molecule has 14 aromatic rings. The quantitative estimate of drug-likeness (QED) is 0.136.